The molecule has 3 saturated heterocycles. The number of ether oxygens (including phenoxy) is 1. The molecule has 0 radical (unpaired) electrons. The van der Waals surface area contributed by atoms with E-state index in [4.69, 9.17) is 4.74 Å². The fourth-order valence-electron chi connectivity index (χ4n) is 3.34. The van der Waals surface area contributed by atoms with Crippen molar-refractivity contribution >= 4 is 11.8 Å². The highest BCUT2D eigenvalue weighted by atomic mass is 16.5. The Kier molecular flexibility index (Phi) is 4.38. The van der Waals surface area contributed by atoms with Crippen LogP contribution in [0.2, 0.25) is 0 Å². The van der Waals surface area contributed by atoms with Gasteiger partial charge in [-0.15, -0.1) is 0 Å². The Morgan fingerprint density at radius 3 is 2.95 bits per heavy atom. The van der Waals surface area contributed by atoms with E-state index in [0.717, 1.165) is 12.8 Å². The summed E-state index contributed by atoms with van der Waals surface area (Å²) in [5.74, 6) is -0.0215. The molecule has 2 amide bonds. The van der Waals surface area contributed by atoms with E-state index in [0.29, 0.717) is 31.9 Å². The third-order valence-electron chi connectivity index (χ3n) is 4.50. The maximum Gasteiger partial charge on any atom is 0.272 e. The molecule has 3 fully saturated rings. The van der Waals surface area contributed by atoms with Crippen LogP contribution in [0.25, 0.3) is 0 Å². The van der Waals surface area contributed by atoms with Crippen molar-refractivity contribution in [3.8, 4) is 0 Å². The molecule has 6 nitrogen and oxygen atoms in total. The molecule has 1 aromatic heterocycles. The molecule has 3 aliphatic heterocycles. The fourth-order valence-corrected chi connectivity index (χ4v) is 3.34. The van der Waals surface area contributed by atoms with Gasteiger partial charge < -0.3 is 14.5 Å². The van der Waals surface area contributed by atoms with Crippen molar-refractivity contribution < 1.29 is 14.3 Å². The van der Waals surface area contributed by atoms with Crippen LogP contribution >= 0.6 is 0 Å². The second kappa shape index (κ2) is 6.44. The van der Waals surface area contributed by atoms with E-state index >= 15 is 0 Å². The van der Waals surface area contributed by atoms with E-state index in [1.165, 1.54) is 0 Å². The molecule has 4 rings (SSSR count). The van der Waals surface area contributed by atoms with Crippen LogP contribution in [0.5, 0.6) is 0 Å². The molecule has 0 aromatic carbocycles. The van der Waals surface area contributed by atoms with Gasteiger partial charge in [0.05, 0.1) is 12.5 Å². The number of piperidine rings is 1. The molecule has 6 heteroatoms. The fraction of sp³-hybridized carbons (Fsp3) is 0.562. The summed E-state index contributed by atoms with van der Waals surface area (Å²) in [6, 6.07) is 5.41. The zero-order chi connectivity index (χ0) is 15.5. The Labute approximate surface area is 130 Å². The Morgan fingerprint density at radius 1 is 1.36 bits per heavy atom. The number of methoxy groups -OCH3 is 1. The number of pyridine rings is 1. The molecule has 118 valence electrons. The summed E-state index contributed by atoms with van der Waals surface area (Å²) in [4.78, 5) is 33.0. The molecule has 0 spiro atoms. The minimum atomic E-state index is -0.0942. The lowest BCUT2D eigenvalue weighted by molar-refractivity contribution is -0.140. The van der Waals surface area contributed by atoms with E-state index in [-0.39, 0.29) is 23.8 Å². The number of amides is 2. The van der Waals surface area contributed by atoms with Gasteiger partial charge >= 0.3 is 0 Å². The van der Waals surface area contributed by atoms with Crippen LogP contribution in [0.1, 0.15) is 23.3 Å². The number of hydrogen-bond donors (Lipinski definition) is 0. The van der Waals surface area contributed by atoms with Crippen molar-refractivity contribution in [2.24, 2.45) is 5.92 Å². The van der Waals surface area contributed by atoms with Gasteiger partial charge in [0.1, 0.15) is 5.69 Å². The highest BCUT2D eigenvalue weighted by Crippen LogP contribution is 2.29. The van der Waals surface area contributed by atoms with E-state index in [1.54, 1.807) is 30.3 Å². The highest BCUT2D eigenvalue weighted by molar-refractivity contribution is 5.93. The summed E-state index contributed by atoms with van der Waals surface area (Å²) >= 11 is 0. The second-order valence-electron chi connectivity index (χ2n) is 5.88. The van der Waals surface area contributed by atoms with Gasteiger partial charge in [0, 0.05) is 39.0 Å². The van der Waals surface area contributed by atoms with Crippen molar-refractivity contribution in [1.29, 1.82) is 0 Å². The first kappa shape index (κ1) is 15.0. The minimum Gasteiger partial charge on any atom is -0.383 e. The van der Waals surface area contributed by atoms with Gasteiger partial charge in [0.2, 0.25) is 5.91 Å². The summed E-state index contributed by atoms with van der Waals surface area (Å²) in [7, 11) is 1.64. The molecule has 0 N–H and O–H groups in total. The van der Waals surface area contributed by atoms with Crippen LogP contribution in [0.15, 0.2) is 24.4 Å². The van der Waals surface area contributed by atoms with Crippen molar-refractivity contribution in [1.82, 2.24) is 14.8 Å². The molecular weight excluding hydrogens is 282 g/mol. The zero-order valence-corrected chi connectivity index (χ0v) is 12.8. The average Bonchev–Trinajstić information content (AvgIpc) is 2.84. The third-order valence-corrected chi connectivity index (χ3v) is 4.50. The quantitative estimate of drug-likeness (QED) is 0.825. The van der Waals surface area contributed by atoms with Gasteiger partial charge in [0.15, 0.2) is 0 Å². The van der Waals surface area contributed by atoms with Gasteiger partial charge in [0.25, 0.3) is 5.91 Å². The third kappa shape index (κ3) is 2.83. The molecule has 1 aromatic rings. The largest absolute Gasteiger partial charge is 0.383 e. The lowest BCUT2D eigenvalue weighted by Crippen LogP contribution is -2.49. The Bertz CT molecular complexity index is 549. The van der Waals surface area contributed by atoms with Crippen molar-refractivity contribution in [2.75, 3.05) is 33.4 Å². The van der Waals surface area contributed by atoms with E-state index in [1.807, 2.05) is 11.0 Å². The van der Waals surface area contributed by atoms with Crippen LogP contribution in [0.3, 0.4) is 0 Å². The SMILES string of the molecule is COCCN1C(=O)C2CCC1CN(C(=O)c1ccccn1)C2. The average molecular weight is 303 g/mol. The number of fused-ring (bicyclic) bond motifs is 4. The van der Waals surface area contributed by atoms with Crippen molar-refractivity contribution in [3.63, 3.8) is 0 Å². The monoisotopic (exact) mass is 303 g/mol. The molecule has 4 heterocycles. The highest BCUT2D eigenvalue weighted by Gasteiger charge is 2.41. The van der Waals surface area contributed by atoms with Gasteiger partial charge in [-0.2, -0.15) is 0 Å². The van der Waals surface area contributed by atoms with Crippen LogP contribution in [-0.2, 0) is 9.53 Å². The molecule has 0 aliphatic carbocycles. The standard InChI is InChI=1S/C16H21N3O3/c1-22-9-8-19-13-6-5-12(15(19)20)10-18(11-13)16(21)14-4-2-3-7-17-14/h2-4,7,12-13H,5-6,8-11H2,1H3. The van der Waals surface area contributed by atoms with Crippen molar-refractivity contribution in [3.05, 3.63) is 30.1 Å². The van der Waals surface area contributed by atoms with Gasteiger partial charge in [-0.3, -0.25) is 14.6 Å². The molecule has 2 unspecified atom stereocenters. The molecular formula is C16H21N3O3. The normalized spacial score (nSPS) is 24.5. The van der Waals surface area contributed by atoms with Crippen LogP contribution in [-0.4, -0.2) is 66.0 Å². The first-order chi connectivity index (χ1) is 10.7. The minimum absolute atomic E-state index is 0.0844. The smallest absolute Gasteiger partial charge is 0.272 e. The van der Waals surface area contributed by atoms with Gasteiger partial charge in [-0.25, -0.2) is 0 Å². The lowest BCUT2D eigenvalue weighted by Gasteiger charge is -2.35. The van der Waals surface area contributed by atoms with E-state index < -0.39 is 0 Å². The number of hydrogen-bond acceptors (Lipinski definition) is 4. The molecule has 22 heavy (non-hydrogen) atoms. The second-order valence-corrected chi connectivity index (χ2v) is 5.88. The first-order valence-corrected chi connectivity index (χ1v) is 7.70. The predicted molar refractivity (Wildman–Crippen MR) is 80.2 cm³/mol. The topological polar surface area (TPSA) is 62.7 Å². The summed E-state index contributed by atoms with van der Waals surface area (Å²) in [5, 5.41) is 0. The van der Waals surface area contributed by atoms with Crippen LogP contribution in [0, 0.1) is 5.92 Å². The maximum absolute atomic E-state index is 12.6. The number of rotatable bonds is 4. The van der Waals surface area contributed by atoms with Gasteiger partial charge in [-0.05, 0) is 25.0 Å². The van der Waals surface area contributed by atoms with E-state index in [9.17, 15) is 9.59 Å². The van der Waals surface area contributed by atoms with Crippen LogP contribution < -0.4 is 0 Å². The Balaban J connectivity index is 1.77. The number of aromatic nitrogens is 1. The van der Waals surface area contributed by atoms with Crippen LogP contribution in [0.4, 0.5) is 0 Å². The van der Waals surface area contributed by atoms with E-state index in [2.05, 4.69) is 4.98 Å². The first-order valence-electron chi connectivity index (χ1n) is 7.70. The summed E-state index contributed by atoms with van der Waals surface area (Å²) < 4.78 is 5.10. The summed E-state index contributed by atoms with van der Waals surface area (Å²) in [6.07, 6.45) is 3.43. The Morgan fingerprint density at radius 2 is 2.23 bits per heavy atom. The summed E-state index contributed by atoms with van der Waals surface area (Å²) in [5.41, 5.74) is 0.444. The predicted octanol–water partition coefficient (Wildman–Crippen LogP) is 0.791. The van der Waals surface area contributed by atoms with Crippen molar-refractivity contribution in [2.45, 2.75) is 18.9 Å². The molecule has 0 saturated carbocycles. The number of nitrogens with zero attached hydrogens (tertiary/aromatic N) is 3. The molecule has 3 aliphatic rings. The lowest BCUT2D eigenvalue weighted by atomic mass is 9.94. The number of carbonyl (C=O) groups is 2. The maximum atomic E-state index is 12.6. The summed E-state index contributed by atoms with van der Waals surface area (Å²) in [6.45, 7) is 2.21. The number of carbonyl (C=O) groups excluding carboxylic acids is 2. The zero-order valence-electron chi connectivity index (χ0n) is 12.8. The molecule has 2 atom stereocenters. The molecule has 2 bridgehead atoms. The van der Waals surface area contributed by atoms with Gasteiger partial charge in [-0.1, -0.05) is 6.07 Å². The Hall–Kier alpha value is -1.95.